The Labute approximate surface area is 215 Å². The van der Waals surface area contributed by atoms with E-state index < -0.39 is 17.9 Å². The van der Waals surface area contributed by atoms with Gasteiger partial charge in [0.1, 0.15) is 11.8 Å². The Morgan fingerprint density at radius 2 is 1.89 bits per heavy atom. The van der Waals surface area contributed by atoms with Gasteiger partial charge in [0.05, 0.1) is 18.3 Å². The summed E-state index contributed by atoms with van der Waals surface area (Å²) < 4.78 is 5.88. The van der Waals surface area contributed by atoms with E-state index in [4.69, 9.17) is 9.72 Å². The summed E-state index contributed by atoms with van der Waals surface area (Å²) in [6.45, 7) is 0.576. The number of hydrogen-bond acceptors (Lipinski definition) is 5. The van der Waals surface area contributed by atoms with Crippen LogP contribution in [0.3, 0.4) is 0 Å². The number of nitrogens with one attached hydrogen (secondary N) is 2. The molecule has 37 heavy (non-hydrogen) atoms. The zero-order valence-electron chi connectivity index (χ0n) is 20.6. The van der Waals surface area contributed by atoms with E-state index in [1.54, 1.807) is 24.4 Å². The summed E-state index contributed by atoms with van der Waals surface area (Å²) in [4.78, 5) is 29.3. The number of fused-ring (bicyclic) bond motifs is 2. The number of aromatic amines is 1. The summed E-state index contributed by atoms with van der Waals surface area (Å²) in [7, 11) is 0. The van der Waals surface area contributed by atoms with E-state index in [2.05, 4.69) is 27.6 Å². The van der Waals surface area contributed by atoms with Gasteiger partial charge in [-0.15, -0.1) is 0 Å². The van der Waals surface area contributed by atoms with Crippen molar-refractivity contribution in [2.75, 3.05) is 6.61 Å². The first-order valence-corrected chi connectivity index (χ1v) is 12.7. The summed E-state index contributed by atoms with van der Waals surface area (Å²) in [5.74, 6) is -0.810. The number of H-pyrrole nitrogens is 1. The Bertz CT molecular complexity index is 1400. The smallest absolute Gasteiger partial charge is 0.326 e. The molecule has 0 unspecified atom stereocenters. The molecule has 2 aromatic heterocycles. The molecule has 0 fully saturated rings. The zero-order chi connectivity index (χ0) is 25.6. The number of aliphatic carboxylic acids is 1. The zero-order valence-corrected chi connectivity index (χ0v) is 20.6. The van der Waals surface area contributed by atoms with Gasteiger partial charge in [-0.2, -0.15) is 5.10 Å². The lowest BCUT2D eigenvalue weighted by atomic mass is 9.95. The van der Waals surface area contributed by atoms with Crippen LogP contribution in [0.5, 0.6) is 5.75 Å². The molecule has 1 atom stereocenters. The highest BCUT2D eigenvalue weighted by atomic mass is 16.5. The number of rotatable bonds is 10. The lowest BCUT2D eigenvalue weighted by molar-refractivity contribution is -0.139. The van der Waals surface area contributed by atoms with Gasteiger partial charge in [-0.05, 0) is 80.0 Å². The average Bonchev–Trinajstić information content (AvgIpc) is 3.39. The summed E-state index contributed by atoms with van der Waals surface area (Å²) in [6, 6.07) is 15.7. The molecule has 2 heterocycles. The molecular weight excluding hydrogens is 468 g/mol. The van der Waals surface area contributed by atoms with Crippen LogP contribution in [0.1, 0.15) is 52.1 Å². The SMILES string of the molecule is O=C(N[C@@H](Cc1ccc(OCCCc2ccc3c(n2)CCCC3)cc1)C(=O)O)c1ccc2cn[nH]c2c1. The summed E-state index contributed by atoms with van der Waals surface area (Å²) in [5.41, 5.74) is 5.65. The number of ether oxygens (including phenoxy) is 1. The highest BCUT2D eigenvalue weighted by Gasteiger charge is 2.21. The topological polar surface area (TPSA) is 117 Å². The van der Waals surface area contributed by atoms with Gasteiger partial charge in [0.25, 0.3) is 5.91 Å². The molecule has 1 aliphatic carbocycles. The van der Waals surface area contributed by atoms with Crippen molar-refractivity contribution in [2.24, 2.45) is 0 Å². The van der Waals surface area contributed by atoms with E-state index in [1.807, 2.05) is 24.3 Å². The van der Waals surface area contributed by atoms with Crippen molar-refractivity contribution in [3.8, 4) is 5.75 Å². The minimum absolute atomic E-state index is 0.164. The second kappa shape index (κ2) is 11.2. The van der Waals surface area contributed by atoms with Gasteiger partial charge in [0.15, 0.2) is 0 Å². The number of carboxylic acids is 1. The third-order valence-electron chi connectivity index (χ3n) is 6.75. The van der Waals surface area contributed by atoms with Gasteiger partial charge in [0.2, 0.25) is 0 Å². The Hall–Kier alpha value is -4.20. The molecule has 4 aromatic rings. The van der Waals surface area contributed by atoms with Gasteiger partial charge in [-0.1, -0.05) is 24.3 Å². The number of benzene rings is 2. The van der Waals surface area contributed by atoms with Gasteiger partial charge >= 0.3 is 5.97 Å². The van der Waals surface area contributed by atoms with Crippen molar-refractivity contribution in [3.05, 3.63) is 88.9 Å². The van der Waals surface area contributed by atoms with Crippen LogP contribution in [0.15, 0.2) is 60.8 Å². The third kappa shape index (κ3) is 6.14. The Morgan fingerprint density at radius 3 is 2.73 bits per heavy atom. The van der Waals surface area contributed by atoms with Crippen LogP contribution in [0.25, 0.3) is 10.9 Å². The highest BCUT2D eigenvalue weighted by molar-refractivity contribution is 5.99. The predicted molar refractivity (Wildman–Crippen MR) is 140 cm³/mol. The number of aryl methyl sites for hydroxylation is 3. The number of hydrogen-bond donors (Lipinski definition) is 3. The summed E-state index contributed by atoms with van der Waals surface area (Å²) >= 11 is 0. The number of aromatic nitrogens is 3. The molecule has 1 amide bonds. The van der Waals surface area contributed by atoms with Gasteiger partial charge in [-0.3, -0.25) is 14.9 Å². The Kier molecular flexibility index (Phi) is 7.44. The van der Waals surface area contributed by atoms with E-state index in [1.165, 1.54) is 24.1 Å². The predicted octanol–water partition coefficient (Wildman–Crippen LogP) is 4.27. The van der Waals surface area contributed by atoms with Crippen LogP contribution in [0.2, 0.25) is 0 Å². The molecule has 8 heteroatoms. The fraction of sp³-hybridized carbons (Fsp3) is 0.310. The van der Waals surface area contributed by atoms with Crippen molar-refractivity contribution in [1.29, 1.82) is 0 Å². The second-order valence-electron chi connectivity index (χ2n) is 9.45. The quantitative estimate of drug-likeness (QED) is 0.281. The molecule has 190 valence electrons. The minimum atomic E-state index is -1.09. The fourth-order valence-electron chi connectivity index (χ4n) is 4.69. The summed E-state index contributed by atoms with van der Waals surface area (Å²) in [5, 5.41) is 19.9. The normalized spacial score (nSPS) is 13.6. The number of carbonyl (C=O) groups is 2. The third-order valence-corrected chi connectivity index (χ3v) is 6.75. The molecule has 0 saturated heterocycles. The molecule has 2 aromatic carbocycles. The largest absolute Gasteiger partial charge is 0.494 e. The maximum Gasteiger partial charge on any atom is 0.326 e. The van der Waals surface area contributed by atoms with Crippen molar-refractivity contribution in [3.63, 3.8) is 0 Å². The summed E-state index contributed by atoms with van der Waals surface area (Å²) in [6.07, 6.45) is 8.28. The molecule has 0 radical (unpaired) electrons. The van der Waals surface area contributed by atoms with Gasteiger partial charge in [-0.25, -0.2) is 4.79 Å². The van der Waals surface area contributed by atoms with Crippen LogP contribution in [-0.2, 0) is 30.5 Å². The van der Waals surface area contributed by atoms with Crippen molar-refractivity contribution >= 4 is 22.8 Å². The van der Waals surface area contributed by atoms with Crippen LogP contribution >= 0.6 is 0 Å². The van der Waals surface area contributed by atoms with Crippen LogP contribution < -0.4 is 10.1 Å². The molecule has 0 saturated carbocycles. The number of carbonyl (C=O) groups excluding carboxylic acids is 1. The molecular formula is C29H30N4O4. The van der Waals surface area contributed by atoms with E-state index in [-0.39, 0.29) is 6.42 Å². The number of carboxylic acid groups (broad SMARTS) is 1. The van der Waals surface area contributed by atoms with Crippen molar-refractivity contribution in [1.82, 2.24) is 20.5 Å². The molecule has 1 aliphatic rings. The van der Waals surface area contributed by atoms with E-state index >= 15 is 0 Å². The highest BCUT2D eigenvalue weighted by Crippen LogP contribution is 2.20. The second-order valence-corrected chi connectivity index (χ2v) is 9.45. The van der Waals surface area contributed by atoms with Crippen LogP contribution in [0, 0.1) is 0 Å². The molecule has 8 nitrogen and oxygen atoms in total. The van der Waals surface area contributed by atoms with Gasteiger partial charge in [0, 0.05) is 28.8 Å². The lowest BCUT2D eigenvalue weighted by Crippen LogP contribution is -2.42. The standard InChI is InChI=1S/C29H30N4O4/c34-28(21-9-10-22-18-30-33-26(22)17-21)32-27(29(35)36)16-19-7-13-24(14-8-19)37-15-3-5-23-12-11-20-4-1-2-6-25(20)31-23/h7-14,17-18,27H,1-6,15-16H2,(H,30,33)(H,32,34)(H,35,36)/t27-/m0/s1. The van der Waals surface area contributed by atoms with E-state index in [0.29, 0.717) is 17.7 Å². The molecule has 0 spiro atoms. The molecule has 3 N–H and O–H groups in total. The fourth-order valence-corrected chi connectivity index (χ4v) is 4.69. The first-order chi connectivity index (χ1) is 18.0. The number of nitrogens with zero attached hydrogens (tertiary/aromatic N) is 2. The maximum atomic E-state index is 12.7. The monoisotopic (exact) mass is 498 g/mol. The van der Waals surface area contributed by atoms with E-state index in [0.717, 1.165) is 48.1 Å². The first kappa shape index (κ1) is 24.5. The maximum absolute atomic E-state index is 12.7. The van der Waals surface area contributed by atoms with Gasteiger partial charge < -0.3 is 15.2 Å². The molecule has 5 rings (SSSR count). The lowest BCUT2D eigenvalue weighted by Gasteiger charge is -2.16. The number of amides is 1. The van der Waals surface area contributed by atoms with Crippen LogP contribution in [0.4, 0.5) is 0 Å². The van der Waals surface area contributed by atoms with Crippen molar-refractivity contribution < 1.29 is 19.4 Å². The minimum Gasteiger partial charge on any atom is -0.494 e. The molecule has 0 aliphatic heterocycles. The van der Waals surface area contributed by atoms with Crippen LogP contribution in [-0.4, -0.2) is 44.8 Å². The molecule has 0 bridgehead atoms. The average molecular weight is 499 g/mol. The number of pyridine rings is 1. The Balaban J connectivity index is 1.11. The van der Waals surface area contributed by atoms with E-state index in [9.17, 15) is 14.7 Å². The first-order valence-electron chi connectivity index (χ1n) is 12.7. The van der Waals surface area contributed by atoms with Crippen molar-refractivity contribution in [2.45, 2.75) is 51.0 Å². The Morgan fingerprint density at radius 1 is 1.05 bits per heavy atom.